The van der Waals surface area contributed by atoms with E-state index in [4.69, 9.17) is 5.73 Å². The van der Waals surface area contributed by atoms with E-state index in [1.165, 1.54) is 49.9 Å². The van der Waals surface area contributed by atoms with Crippen LogP contribution in [0.25, 0.3) is 0 Å². The first-order valence-electron chi connectivity index (χ1n) is 7.45. The lowest BCUT2D eigenvalue weighted by atomic mass is 9.95. The van der Waals surface area contributed by atoms with Gasteiger partial charge in [0.05, 0.1) is 0 Å². The maximum absolute atomic E-state index is 6.16. The van der Waals surface area contributed by atoms with Gasteiger partial charge in [0.1, 0.15) is 0 Å². The standard InChI is InChI=1S/C16H25BrN2/c1-3-6-14-7-4-5-10-19(14)16-9-8-13(17)11-15(16)12(2)18/h8-9,11-12,14H,3-7,10,18H2,1-2H3. The Bertz CT molecular complexity index is 415. The van der Waals surface area contributed by atoms with Crippen LogP contribution in [-0.4, -0.2) is 12.6 Å². The van der Waals surface area contributed by atoms with Crippen molar-refractivity contribution in [1.82, 2.24) is 0 Å². The number of nitrogens with two attached hydrogens (primary N) is 1. The van der Waals surface area contributed by atoms with Crippen LogP contribution in [-0.2, 0) is 0 Å². The van der Waals surface area contributed by atoms with Gasteiger partial charge in [-0.1, -0.05) is 29.3 Å². The number of hydrogen-bond donors (Lipinski definition) is 1. The topological polar surface area (TPSA) is 29.3 Å². The SMILES string of the molecule is CCCC1CCCCN1c1ccc(Br)cc1C(C)N. The van der Waals surface area contributed by atoms with E-state index in [9.17, 15) is 0 Å². The molecule has 1 aromatic rings. The summed E-state index contributed by atoms with van der Waals surface area (Å²) >= 11 is 3.56. The molecule has 0 saturated carbocycles. The van der Waals surface area contributed by atoms with E-state index in [1.54, 1.807) is 0 Å². The quantitative estimate of drug-likeness (QED) is 0.875. The zero-order chi connectivity index (χ0) is 13.8. The van der Waals surface area contributed by atoms with Gasteiger partial charge in [0, 0.05) is 28.8 Å². The fourth-order valence-electron chi connectivity index (χ4n) is 3.10. The second-order valence-electron chi connectivity index (χ2n) is 5.62. The average Bonchev–Trinajstić information content (AvgIpc) is 2.40. The van der Waals surface area contributed by atoms with Gasteiger partial charge in [0.2, 0.25) is 0 Å². The fourth-order valence-corrected chi connectivity index (χ4v) is 3.48. The van der Waals surface area contributed by atoms with Gasteiger partial charge in [-0.3, -0.25) is 0 Å². The van der Waals surface area contributed by atoms with Crippen molar-refractivity contribution >= 4 is 21.6 Å². The van der Waals surface area contributed by atoms with Gasteiger partial charge in [-0.05, 0) is 56.4 Å². The van der Waals surface area contributed by atoms with E-state index >= 15 is 0 Å². The number of benzene rings is 1. The molecule has 2 N–H and O–H groups in total. The molecule has 19 heavy (non-hydrogen) atoms. The van der Waals surface area contributed by atoms with Gasteiger partial charge in [-0.15, -0.1) is 0 Å². The Labute approximate surface area is 125 Å². The van der Waals surface area contributed by atoms with Crippen LogP contribution in [0.1, 0.15) is 57.6 Å². The lowest BCUT2D eigenvalue weighted by molar-refractivity contribution is 0.433. The van der Waals surface area contributed by atoms with Crippen molar-refractivity contribution in [3.8, 4) is 0 Å². The number of hydrogen-bond acceptors (Lipinski definition) is 2. The lowest BCUT2D eigenvalue weighted by Crippen LogP contribution is -2.40. The number of rotatable bonds is 4. The van der Waals surface area contributed by atoms with Crippen molar-refractivity contribution in [2.24, 2.45) is 5.73 Å². The van der Waals surface area contributed by atoms with Gasteiger partial charge < -0.3 is 10.6 Å². The van der Waals surface area contributed by atoms with Crippen molar-refractivity contribution in [2.75, 3.05) is 11.4 Å². The highest BCUT2D eigenvalue weighted by atomic mass is 79.9. The van der Waals surface area contributed by atoms with Crippen molar-refractivity contribution < 1.29 is 0 Å². The molecule has 3 heteroatoms. The molecule has 1 aliphatic heterocycles. The smallest absolute Gasteiger partial charge is 0.0417 e. The molecule has 2 unspecified atom stereocenters. The Balaban J connectivity index is 2.32. The normalized spacial score (nSPS) is 21.5. The zero-order valence-corrected chi connectivity index (χ0v) is 13.6. The monoisotopic (exact) mass is 324 g/mol. The average molecular weight is 325 g/mol. The molecule has 0 amide bonds. The predicted molar refractivity (Wildman–Crippen MR) is 86.6 cm³/mol. The molecule has 2 rings (SSSR count). The molecule has 2 atom stereocenters. The van der Waals surface area contributed by atoms with Crippen molar-refractivity contribution in [1.29, 1.82) is 0 Å². The Hall–Kier alpha value is -0.540. The van der Waals surface area contributed by atoms with Gasteiger partial charge in [-0.25, -0.2) is 0 Å². The third-order valence-corrected chi connectivity index (χ3v) is 4.53. The minimum atomic E-state index is 0.0803. The summed E-state index contributed by atoms with van der Waals surface area (Å²) < 4.78 is 1.12. The molecular weight excluding hydrogens is 300 g/mol. The van der Waals surface area contributed by atoms with Crippen LogP contribution < -0.4 is 10.6 Å². The summed E-state index contributed by atoms with van der Waals surface area (Å²) in [5.74, 6) is 0. The Morgan fingerprint density at radius 2 is 2.21 bits per heavy atom. The van der Waals surface area contributed by atoms with E-state index < -0.39 is 0 Å². The first-order valence-corrected chi connectivity index (χ1v) is 8.24. The van der Waals surface area contributed by atoms with Gasteiger partial charge in [0.15, 0.2) is 0 Å². The van der Waals surface area contributed by atoms with E-state index in [2.05, 4.69) is 52.9 Å². The maximum atomic E-state index is 6.16. The maximum Gasteiger partial charge on any atom is 0.0417 e. The molecule has 1 aromatic carbocycles. The summed E-state index contributed by atoms with van der Waals surface area (Å²) in [6.07, 6.45) is 6.53. The highest BCUT2D eigenvalue weighted by Gasteiger charge is 2.24. The molecule has 1 aliphatic rings. The molecular formula is C16H25BrN2. The molecule has 1 heterocycles. The Morgan fingerprint density at radius 1 is 1.42 bits per heavy atom. The Morgan fingerprint density at radius 3 is 2.89 bits per heavy atom. The minimum absolute atomic E-state index is 0.0803. The molecule has 1 saturated heterocycles. The molecule has 0 bridgehead atoms. The van der Waals surface area contributed by atoms with Crippen LogP contribution in [0.5, 0.6) is 0 Å². The third-order valence-electron chi connectivity index (χ3n) is 4.04. The van der Waals surface area contributed by atoms with Crippen LogP contribution in [0.3, 0.4) is 0 Å². The summed E-state index contributed by atoms with van der Waals surface area (Å²) in [6.45, 7) is 5.52. The van der Waals surface area contributed by atoms with E-state index in [1.807, 2.05) is 0 Å². The summed E-state index contributed by atoms with van der Waals surface area (Å²) in [7, 11) is 0. The first kappa shape index (κ1) is 14.9. The minimum Gasteiger partial charge on any atom is -0.368 e. The molecule has 1 fully saturated rings. The number of piperidine rings is 1. The fraction of sp³-hybridized carbons (Fsp3) is 0.625. The van der Waals surface area contributed by atoms with E-state index in [0.717, 1.165) is 4.47 Å². The highest BCUT2D eigenvalue weighted by molar-refractivity contribution is 9.10. The van der Waals surface area contributed by atoms with Gasteiger partial charge >= 0.3 is 0 Å². The molecule has 2 nitrogen and oxygen atoms in total. The molecule has 0 spiro atoms. The summed E-state index contributed by atoms with van der Waals surface area (Å²) in [6, 6.07) is 7.32. The largest absolute Gasteiger partial charge is 0.368 e. The van der Waals surface area contributed by atoms with Crippen molar-refractivity contribution in [3.63, 3.8) is 0 Å². The Kier molecular flexibility index (Phi) is 5.28. The molecule has 106 valence electrons. The highest BCUT2D eigenvalue weighted by Crippen LogP contribution is 2.33. The number of nitrogens with zero attached hydrogens (tertiary/aromatic N) is 1. The van der Waals surface area contributed by atoms with E-state index in [0.29, 0.717) is 6.04 Å². The molecule has 0 radical (unpaired) electrons. The van der Waals surface area contributed by atoms with Crippen LogP contribution in [0.4, 0.5) is 5.69 Å². The number of halogens is 1. The van der Waals surface area contributed by atoms with Gasteiger partial charge in [0.25, 0.3) is 0 Å². The molecule has 0 aliphatic carbocycles. The number of anilines is 1. The lowest BCUT2D eigenvalue weighted by Gasteiger charge is -2.39. The second-order valence-corrected chi connectivity index (χ2v) is 6.54. The summed E-state index contributed by atoms with van der Waals surface area (Å²) in [5.41, 5.74) is 8.77. The van der Waals surface area contributed by atoms with Crippen LogP contribution in [0.2, 0.25) is 0 Å². The van der Waals surface area contributed by atoms with Gasteiger partial charge in [-0.2, -0.15) is 0 Å². The van der Waals surface area contributed by atoms with Crippen LogP contribution in [0.15, 0.2) is 22.7 Å². The van der Waals surface area contributed by atoms with Crippen LogP contribution in [0, 0.1) is 0 Å². The van der Waals surface area contributed by atoms with Crippen LogP contribution >= 0.6 is 15.9 Å². The first-order chi connectivity index (χ1) is 9.13. The molecule has 0 aromatic heterocycles. The van der Waals surface area contributed by atoms with Crippen molar-refractivity contribution in [3.05, 3.63) is 28.2 Å². The third kappa shape index (κ3) is 3.51. The second kappa shape index (κ2) is 6.76. The summed E-state index contributed by atoms with van der Waals surface area (Å²) in [5, 5.41) is 0. The zero-order valence-electron chi connectivity index (χ0n) is 12.0. The summed E-state index contributed by atoms with van der Waals surface area (Å²) in [4.78, 5) is 2.60. The van der Waals surface area contributed by atoms with Crippen molar-refractivity contribution in [2.45, 2.75) is 58.0 Å². The van der Waals surface area contributed by atoms with E-state index in [-0.39, 0.29) is 6.04 Å². The predicted octanol–water partition coefficient (Wildman–Crippen LogP) is 4.63.